The molecule has 0 radical (unpaired) electrons. The molecule has 0 spiro atoms. The molecular formula is C14H13BrClN3O. The molecular weight excluding hydrogens is 342 g/mol. The predicted molar refractivity (Wildman–Crippen MR) is 84.2 cm³/mol. The molecule has 6 heteroatoms. The largest absolute Gasteiger partial charge is 0.397 e. The van der Waals surface area contributed by atoms with Crippen LogP contribution in [0.4, 0.5) is 11.4 Å². The van der Waals surface area contributed by atoms with Crippen LogP contribution in [-0.4, -0.2) is 10.5 Å². The van der Waals surface area contributed by atoms with Gasteiger partial charge in [-0.1, -0.05) is 11.6 Å². The van der Waals surface area contributed by atoms with E-state index in [9.17, 15) is 4.79 Å². The van der Waals surface area contributed by atoms with Crippen molar-refractivity contribution in [2.24, 2.45) is 0 Å². The molecule has 0 aliphatic heterocycles. The standard InChI is InChI=1S/C14H13BrClN3O/c15-11-5-8(16)1-4-12(11)18-14(20)13-6-9(17)7-19(13)10-2-3-10/h1,4-7,10H,2-3,17H2,(H,18,20). The first kappa shape index (κ1) is 13.5. The van der Waals surface area contributed by atoms with Crippen LogP contribution in [0.15, 0.2) is 34.9 Å². The second kappa shape index (κ2) is 5.14. The first-order valence-electron chi connectivity index (χ1n) is 6.28. The van der Waals surface area contributed by atoms with Gasteiger partial charge in [0, 0.05) is 21.7 Å². The molecule has 0 saturated heterocycles. The Hall–Kier alpha value is -1.46. The van der Waals surface area contributed by atoms with Crippen LogP contribution in [-0.2, 0) is 0 Å². The van der Waals surface area contributed by atoms with Crippen LogP contribution in [0.3, 0.4) is 0 Å². The summed E-state index contributed by atoms with van der Waals surface area (Å²) in [5.41, 5.74) is 7.68. The number of aromatic nitrogens is 1. The lowest BCUT2D eigenvalue weighted by molar-refractivity contribution is 0.101. The summed E-state index contributed by atoms with van der Waals surface area (Å²) in [7, 11) is 0. The number of carbonyl (C=O) groups excluding carboxylic acids is 1. The van der Waals surface area contributed by atoms with E-state index in [-0.39, 0.29) is 5.91 Å². The molecule has 3 N–H and O–H groups in total. The minimum atomic E-state index is -0.170. The normalized spacial score (nSPS) is 14.3. The van der Waals surface area contributed by atoms with Gasteiger partial charge >= 0.3 is 0 Å². The van der Waals surface area contributed by atoms with Crippen molar-refractivity contribution in [3.63, 3.8) is 0 Å². The molecule has 4 nitrogen and oxygen atoms in total. The number of nitrogens with zero attached hydrogens (tertiary/aromatic N) is 1. The maximum Gasteiger partial charge on any atom is 0.272 e. The lowest BCUT2D eigenvalue weighted by atomic mass is 10.3. The smallest absolute Gasteiger partial charge is 0.272 e. The third-order valence-corrected chi connectivity index (χ3v) is 4.11. The molecule has 1 aromatic heterocycles. The quantitative estimate of drug-likeness (QED) is 0.872. The van der Waals surface area contributed by atoms with Crippen molar-refractivity contribution in [1.82, 2.24) is 4.57 Å². The van der Waals surface area contributed by atoms with E-state index in [1.165, 1.54) is 0 Å². The van der Waals surface area contributed by atoms with Gasteiger partial charge in [0.1, 0.15) is 5.69 Å². The van der Waals surface area contributed by atoms with Crippen LogP contribution in [0, 0.1) is 0 Å². The van der Waals surface area contributed by atoms with Crippen molar-refractivity contribution in [3.05, 3.63) is 45.7 Å². The molecule has 1 aliphatic rings. The highest BCUT2D eigenvalue weighted by Crippen LogP contribution is 2.37. The number of rotatable bonds is 3. The summed E-state index contributed by atoms with van der Waals surface area (Å²) < 4.78 is 2.70. The lowest BCUT2D eigenvalue weighted by Gasteiger charge is -2.10. The molecule has 0 bridgehead atoms. The minimum absolute atomic E-state index is 0.170. The van der Waals surface area contributed by atoms with Crippen molar-refractivity contribution in [1.29, 1.82) is 0 Å². The number of hydrogen-bond acceptors (Lipinski definition) is 2. The van der Waals surface area contributed by atoms with Gasteiger partial charge in [-0.3, -0.25) is 4.79 Å². The molecule has 3 rings (SSSR count). The van der Waals surface area contributed by atoms with E-state index in [1.807, 2.05) is 10.8 Å². The third-order valence-electron chi connectivity index (χ3n) is 3.22. The number of halogens is 2. The molecule has 0 atom stereocenters. The number of carbonyl (C=O) groups is 1. The van der Waals surface area contributed by atoms with E-state index in [1.54, 1.807) is 24.3 Å². The monoisotopic (exact) mass is 353 g/mol. The van der Waals surface area contributed by atoms with Gasteiger partial charge in [0.2, 0.25) is 0 Å². The Balaban J connectivity index is 1.86. The molecule has 0 unspecified atom stereocenters. The van der Waals surface area contributed by atoms with Crippen LogP contribution in [0.5, 0.6) is 0 Å². The fraction of sp³-hybridized carbons (Fsp3) is 0.214. The molecule has 1 amide bonds. The van der Waals surface area contributed by atoms with E-state index < -0.39 is 0 Å². The van der Waals surface area contributed by atoms with Gasteiger partial charge in [-0.25, -0.2) is 0 Å². The lowest BCUT2D eigenvalue weighted by Crippen LogP contribution is -2.16. The molecule has 20 heavy (non-hydrogen) atoms. The number of hydrogen-bond donors (Lipinski definition) is 2. The zero-order valence-corrected chi connectivity index (χ0v) is 12.9. The van der Waals surface area contributed by atoms with E-state index in [4.69, 9.17) is 17.3 Å². The van der Waals surface area contributed by atoms with E-state index in [0.29, 0.717) is 28.1 Å². The van der Waals surface area contributed by atoms with Crippen molar-refractivity contribution < 1.29 is 4.79 Å². The Morgan fingerprint density at radius 2 is 2.15 bits per heavy atom. The highest BCUT2D eigenvalue weighted by atomic mass is 79.9. The van der Waals surface area contributed by atoms with Gasteiger partial charge in [0.15, 0.2) is 0 Å². The Kier molecular flexibility index (Phi) is 3.48. The Bertz CT molecular complexity index is 679. The molecule has 104 valence electrons. The van der Waals surface area contributed by atoms with Gasteiger partial charge in [0.05, 0.1) is 11.4 Å². The van der Waals surface area contributed by atoms with Crippen LogP contribution in [0.25, 0.3) is 0 Å². The van der Waals surface area contributed by atoms with Gasteiger partial charge in [-0.2, -0.15) is 0 Å². The number of anilines is 2. The predicted octanol–water partition coefficient (Wildman–Crippen LogP) is 4.07. The summed E-state index contributed by atoms with van der Waals surface area (Å²) in [5.74, 6) is -0.170. The summed E-state index contributed by atoms with van der Waals surface area (Å²) in [4.78, 5) is 12.4. The molecule has 1 aliphatic carbocycles. The van der Waals surface area contributed by atoms with Gasteiger partial charge < -0.3 is 15.6 Å². The number of benzene rings is 1. The van der Waals surface area contributed by atoms with Crippen LogP contribution >= 0.6 is 27.5 Å². The summed E-state index contributed by atoms with van der Waals surface area (Å²) in [6.45, 7) is 0. The molecule has 2 aromatic rings. The fourth-order valence-electron chi connectivity index (χ4n) is 2.11. The van der Waals surface area contributed by atoms with Gasteiger partial charge in [-0.05, 0) is 53.0 Å². The molecule has 1 aromatic carbocycles. The molecule has 1 fully saturated rings. The number of nitrogen functional groups attached to an aromatic ring is 1. The first-order valence-corrected chi connectivity index (χ1v) is 7.45. The van der Waals surface area contributed by atoms with Crippen molar-refractivity contribution in [2.75, 3.05) is 11.1 Å². The highest BCUT2D eigenvalue weighted by Gasteiger charge is 2.27. The Morgan fingerprint density at radius 1 is 1.40 bits per heavy atom. The molecule has 1 saturated carbocycles. The Morgan fingerprint density at radius 3 is 2.80 bits per heavy atom. The Labute approximate surface area is 130 Å². The first-order chi connectivity index (χ1) is 9.54. The summed E-state index contributed by atoms with van der Waals surface area (Å²) in [5, 5.41) is 3.48. The third kappa shape index (κ3) is 2.69. The topological polar surface area (TPSA) is 60.1 Å². The maximum absolute atomic E-state index is 12.4. The van der Waals surface area contributed by atoms with E-state index in [2.05, 4.69) is 21.2 Å². The zero-order valence-electron chi connectivity index (χ0n) is 10.6. The zero-order chi connectivity index (χ0) is 14.3. The minimum Gasteiger partial charge on any atom is -0.397 e. The second-order valence-corrected chi connectivity index (χ2v) is 6.17. The molecule has 1 heterocycles. The number of amides is 1. The maximum atomic E-state index is 12.4. The van der Waals surface area contributed by atoms with E-state index in [0.717, 1.165) is 17.3 Å². The van der Waals surface area contributed by atoms with Crippen molar-refractivity contribution in [3.8, 4) is 0 Å². The van der Waals surface area contributed by atoms with Gasteiger partial charge in [0.25, 0.3) is 5.91 Å². The summed E-state index contributed by atoms with van der Waals surface area (Å²) >= 11 is 9.27. The number of nitrogens with one attached hydrogen (secondary N) is 1. The van der Waals surface area contributed by atoms with Crippen LogP contribution < -0.4 is 11.1 Å². The van der Waals surface area contributed by atoms with E-state index >= 15 is 0 Å². The van der Waals surface area contributed by atoms with Gasteiger partial charge in [-0.15, -0.1) is 0 Å². The summed E-state index contributed by atoms with van der Waals surface area (Å²) in [6.07, 6.45) is 4.02. The number of nitrogens with two attached hydrogens (primary N) is 1. The fourth-order valence-corrected chi connectivity index (χ4v) is 2.90. The summed E-state index contributed by atoms with van der Waals surface area (Å²) in [6, 6.07) is 7.35. The second-order valence-electron chi connectivity index (χ2n) is 4.88. The van der Waals surface area contributed by atoms with Crippen molar-refractivity contribution >= 4 is 44.8 Å². The van der Waals surface area contributed by atoms with Crippen LogP contribution in [0.2, 0.25) is 5.02 Å². The average Bonchev–Trinajstić information content (AvgIpc) is 3.16. The van der Waals surface area contributed by atoms with Crippen molar-refractivity contribution in [2.45, 2.75) is 18.9 Å². The SMILES string of the molecule is Nc1cc(C(=O)Nc2ccc(Cl)cc2Br)n(C2CC2)c1. The highest BCUT2D eigenvalue weighted by molar-refractivity contribution is 9.10. The average molecular weight is 355 g/mol. The van der Waals surface area contributed by atoms with Crippen LogP contribution in [0.1, 0.15) is 29.4 Å².